The van der Waals surface area contributed by atoms with Gasteiger partial charge in [-0.1, -0.05) is 11.6 Å². The molecule has 1 aromatic heterocycles. The number of pyridine rings is 1. The van der Waals surface area contributed by atoms with E-state index < -0.39 is 6.04 Å². The largest absolute Gasteiger partial charge is 0.493 e. The molecule has 31 heavy (non-hydrogen) atoms. The first-order chi connectivity index (χ1) is 15.0. The van der Waals surface area contributed by atoms with Gasteiger partial charge in [0.05, 0.1) is 20.3 Å². The first-order valence-electron chi connectivity index (χ1n) is 10.7. The Hall–Kier alpha value is -3.28. The smallest absolute Gasteiger partial charge is 0.254 e. The van der Waals surface area contributed by atoms with Gasteiger partial charge in [0, 0.05) is 23.5 Å². The predicted octanol–water partition coefficient (Wildman–Crippen LogP) is 3.74. The molecule has 3 aromatic rings. The number of hydrogen-bond donors (Lipinski definition) is 1. The van der Waals surface area contributed by atoms with Crippen molar-refractivity contribution < 1.29 is 14.3 Å². The van der Waals surface area contributed by atoms with Crippen molar-refractivity contribution in [2.75, 3.05) is 20.8 Å². The van der Waals surface area contributed by atoms with Gasteiger partial charge in [-0.2, -0.15) is 0 Å². The number of amides is 1. The lowest BCUT2D eigenvalue weighted by Crippen LogP contribution is -2.43. The van der Waals surface area contributed by atoms with Gasteiger partial charge in [-0.05, 0) is 73.0 Å². The summed E-state index contributed by atoms with van der Waals surface area (Å²) in [6.45, 7) is 2.61. The number of carbonyl (C=O) groups is 1. The Labute approximate surface area is 180 Å². The Balaban J connectivity index is 1.73. The Bertz CT molecular complexity index is 1240. The van der Waals surface area contributed by atoms with Crippen LogP contribution < -0.4 is 15.0 Å². The van der Waals surface area contributed by atoms with E-state index in [1.807, 2.05) is 42.2 Å². The predicted molar refractivity (Wildman–Crippen MR) is 119 cm³/mol. The highest BCUT2D eigenvalue weighted by atomic mass is 16.5. The van der Waals surface area contributed by atoms with Crippen LogP contribution in [0.4, 0.5) is 0 Å². The second-order valence-electron chi connectivity index (χ2n) is 8.51. The number of aromatic amines is 1. The molecule has 1 aliphatic carbocycles. The molecule has 1 aliphatic heterocycles. The maximum absolute atomic E-state index is 13.2. The molecule has 0 bridgehead atoms. The summed E-state index contributed by atoms with van der Waals surface area (Å²) in [5.41, 5.74) is 4.33. The summed E-state index contributed by atoms with van der Waals surface area (Å²) in [5, 5.41) is 0.959. The summed E-state index contributed by atoms with van der Waals surface area (Å²) >= 11 is 0. The van der Waals surface area contributed by atoms with Crippen molar-refractivity contribution in [2.45, 2.75) is 32.2 Å². The molecule has 1 N–H and O–H groups in total. The van der Waals surface area contributed by atoms with Crippen LogP contribution in [0.25, 0.3) is 10.9 Å². The molecular formula is C25H26N2O4. The quantitative estimate of drug-likeness (QED) is 0.701. The molecular weight excluding hydrogens is 392 g/mol. The van der Waals surface area contributed by atoms with Crippen LogP contribution in [0.3, 0.4) is 0 Å². The molecule has 160 valence electrons. The summed E-state index contributed by atoms with van der Waals surface area (Å²) in [4.78, 5) is 31.3. The second-order valence-corrected chi connectivity index (χ2v) is 8.51. The molecule has 5 rings (SSSR count). The standard InChI is InChI=1S/C25H26N2O4/c1-14-4-7-20-17(10-14)11-19(24(28)26-20)23-18-13-22(31-3)21(30-2)12-16(18)8-9-27(23)25(29)15-5-6-15/h4,7,10-13,15,23H,5-6,8-9H2,1-3H3,(H,26,28)/t23-/m1/s1. The highest BCUT2D eigenvalue weighted by Gasteiger charge is 2.40. The summed E-state index contributed by atoms with van der Waals surface area (Å²) in [7, 11) is 3.21. The SMILES string of the molecule is COc1cc2c(cc1OC)[C@H](c1cc3cc(C)ccc3[nH]c1=O)N(C(=O)C1CC1)CC2. The van der Waals surface area contributed by atoms with Crippen LogP contribution in [-0.2, 0) is 11.2 Å². The van der Waals surface area contributed by atoms with Gasteiger partial charge in [0.1, 0.15) is 0 Å². The number of carbonyl (C=O) groups excluding carboxylic acids is 1. The molecule has 1 atom stereocenters. The first-order valence-corrected chi connectivity index (χ1v) is 10.7. The normalized spacial score (nSPS) is 18.0. The van der Waals surface area contributed by atoms with E-state index in [1.165, 1.54) is 0 Å². The van der Waals surface area contributed by atoms with E-state index in [1.54, 1.807) is 14.2 Å². The van der Waals surface area contributed by atoms with Crippen LogP contribution in [0, 0.1) is 12.8 Å². The summed E-state index contributed by atoms with van der Waals surface area (Å²) in [6, 6.07) is 11.3. The number of ether oxygens (including phenoxy) is 2. The number of hydrogen-bond acceptors (Lipinski definition) is 4. The Kier molecular flexibility index (Phi) is 4.73. The van der Waals surface area contributed by atoms with E-state index in [0.29, 0.717) is 23.6 Å². The molecule has 2 aromatic carbocycles. The third kappa shape index (κ3) is 3.36. The fourth-order valence-corrected chi connectivity index (χ4v) is 4.63. The van der Waals surface area contributed by atoms with Crippen molar-refractivity contribution in [1.29, 1.82) is 0 Å². The summed E-state index contributed by atoms with van der Waals surface area (Å²) in [5.74, 6) is 1.46. The van der Waals surface area contributed by atoms with Crippen molar-refractivity contribution in [2.24, 2.45) is 5.92 Å². The number of aryl methyl sites for hydroxylation is 1. The van der Waals surface area contributed by atoms with Crippen LogP contribution in [-0.4, -0.2) is 36.6 Å². The minimum Gasteiger partial charge on any atom is -0.493 e. The highest BCUT2D eigenvalue weighted by molar-refractivity contribution is 5.83. The Morgan fingerprint density at radius 1 is 1.03 bits per heavy atom. The third-order valence-corrected chi connectivity index (χ3v) is 6.41. The lowest BCUT2D eigenvalue weighted by Gasteiger charge is -2.38. The number of rotatable bonds is 4. The zero-order valence-electron chi connectivity index (χ0n) is 18.0. The first kappa shape index (κ1) is 19.7. The van der Waals surface area contributed by atoms with E-state index in [2.05, 4.69) is 11.1 Å². The van der Waals surface area contributed by atoms with Crippen molar-refractivity contribution in [3.8, 4) is 11.5 Å². The van der Waals surface area contributed by atoms with E-state index in [-0.39, 0.29) is 17.4 Å². The van der Waals surface area contributed by atoms with Crippen molar-refractivity contribution in [3.63, 3.8) is 0 Å². The van der Waals surface area contributed by atoms with E-state index >= 15 is 0 Å². The van der Waals surface area contributed by atoms with Crippen molar-refractivity contribution in [1.82, 2.24) is 9.88 Å². The van der Waals surface area contributed by atoms with Crippen LogP contribution in [0.5, 0.6) is 11.5 Å². The fraction of sp³-hybridized carbons (Fsp3) is 0.360. The minimum absolute atomic E-state index is 0.0750. The molecule has 2 aliphatic rings. The molecule has 1 saturated carbocycles. The lowest BCUT2D eigenvalue weighted by atomic mass is 9.87. The van der Waals surface area contributed by atoms with Gasteiger partial charge < -0.3 is 19.4 Å². The average molecular weight is 418 g/mol. The van der Waals surface area contributed by atoms with Gasteiger partial charge in [-0.15, -0.1) is 0 Å². The minimum atomic E-state index is -0.453. The maximum atomic E-state index is 13.2. The summed E-state index contributed by atoms with van der Waals surface area (Å²) < 4.78 is 11.0. The number of fused-ring (bicyclic) bond motifs is 2. The van der Waals surface area contributed by atoms with E-state index in [4.69, 9.17) is 9.47 Å². The number of nitrogens with one attached hydrogen (secondary N) is 1. The van der Waals surface area contributed by atoms with Crippen LogP contribution >= 0.6 is 0 Å². The van der Waals surface area contributed by atoms with Gasteiger partial charge in [0.15, 0.2) is 11.5 Å². The molecule has 0 unspecified atom stereocenters. The highest BCUT2D eigenvalue weighted by Crippen LogP contribution is 2.43. The van der Waals surface area contributed by atoms with Crippen LogP contribution in [0.1, 0.15) is 41.1 Å². The van der Waals surface area contributed by atoms with Crippen molar-refractivity contribution >= 4 is 16.8 Å². The average Bonchev–Trinajstić information content (AvgIpc) is 3.62. The Morgan fingerprint density at radius 3 is 2.48 bits per heavy atom. The summed E-state index contributed by atoms with van der Waals surface area (Å²) in [6.07, 6.45) is 2.57. The van der Waals surface area contributed by atoms with Gasteiger partial charge in [0.2, 0.25) is 5.91 Å². The molecule has 1 amide bonds. The molecule has 2 heterocycles. The topological polar surface area (TPSA) is 71.6 Å². The number of benzene rings is 2. The zero-order chi connectivity index (χ0) is 21.7. The van der Waals surface area contributed by atoms with E-state index in [9.17, 15) is 9.59 Å². The van der Waals surface area contributed by atoms with Crippen molar-refractivity contribution in [3.05, 3.63) is 69.0 Å². The zero-order valence-corrected chi connectivity index (χ0v) is 18.0. The van der Waals surface area contributed by atoms with Gasteiger partial charge in [-0.25, -0.2) is 0 Å². The maximum Gasteiger partial charge on any atom is 0.254 e. The van der Waals surface area contributed by atoms with Crippen LogP contribution in [0.15, 0.2) is 41.2 Å². The molecule has 0 radical (unpaired) electrons. The third-order valence-electron chi connectivity index (χ3n) is 6.41. The molecule has 6 heteroatoms. The molecule has 6 nitrogen and oxygen atoms in total. The van der Waals surface area contributed by atoms with E-state index in [0.717, 1.165) is 46.9 Å². The monoisotopic (exact) mass is 418 g/mol. The fourth-order valence-electron chi connectivity index (χ4n) is 4.63. The lowest BCUT2D eigenvalue weighted by molar-refractivity contribution is -0.134. The Morgan fingerprint density at radius 2 is 1.77 bits per heavy atom. The van der Waals surface area contributed by atoms with Crippen LogP contribution in [0.2, 0.25) is 0 Å². The van der Waals surface area contributed by atoms with Gasteiger partial charge >= 0.3 is 0 Å². The van der Waals surface area contributed by atoms with Gasteiger partial charge in [-0.3, -0.25) is 9.59 Å². The second kappa shape index (κ2) is 7.45. The number of H-pyrrole nitrogens is 1. The number of aromatic nitrogens is 1. The molecule has 0 spiro atoms. The molecule has 0 saturated heterocycles. The number of nitrogens with zero attached hydrogens (tertiary/aromatic N) is 1. The van der Waals surface area contributed by atoms with Gasteiger partial charge in [0.25, 0.3) is 5.56 Å². The number of methoxy groups -OCH3 is 2. The molecule has 1 fully saturated rings.